The van der Waals surface area contributed by atoms with E-state index in [2.05, 4.69) is 22.5 Å². The summed E-state index contributed by atoms with van der Waals surface area (Å²) in [6, 6.07) is 11.4. The van der Waals surface area contributed by atoms with E-state index in [4.69, 9.17) is 4.74 Å². The van der Waals surface area contributed by atoms with Crippen molar-refractivity contribution in [1.82, 2.24) is 9.47 Å². The molecule has 0 bridgehead atoms. The van der Waals surface area contributed by atoms with E-state index in [1.165, 1.54) is 7.11 Å². The van der Waals surface area contributed by atoms with Gasteiger partial charge in [0.15, 0.2) is 0 Å². The Bertz CT molecular complexity index is 1440. The van der Waals surface area contributed by atoms with Crippen molar-refractivity contribution >= 4 is 34.7 Å². The van der Waals surface area contributed by atoms with Gasteiger partial charge in [0, 0.05) is 29.5 Å². The lowest BCUT2D eigenvalue weighted by molar-refractivity contribution is -0.140. The molecule has 1 aliphatic rings. The number of rotatable bonds is 7. The topological polar surface area (TPSA) is 58.5 Å². The second kappa shape index (κ2) is 11.5. The minimum atomic E-state index is -4.45. The van der Waals surface area contributed by atoms with Gasteiger partial charge < -0.3 is 29.4 Å². The highest BCUT2D eigenvalue weighted by atomic mass is 31.2. The van der Waals surface area contributed by atoms with Gasteiger partial charge in [-0.25, -0.2) is 4.39 Å². The number of fused-ring (bicyclic) bond motifs is 1. The molecule has 11 heteroatoms. The van der Waals surface area contributed by atoms with Crippen LogP contribution in [0.25, 0.3) is 10.9 Å². The average Bonchev–Trinajstić information content (AvgIpc) is 3.19. The second-order valence-electron chi connectivity index (χ2n) is 10.2. The summed E-state index contributed by atoms with van der Waals surface area (Å²) in [6.45, 7) is 3.33. The van der Waals surface area contributed by atoms with Crippen molar-refractivity contribution in [2.24, 2.45) is 0 Å². The SMILES string of the molecule is COc1cc(P(C)(C)=O)ccc1NCC#Cc1cc2c(N[C@@H]3CCN(C)C[C@@H]3F)cccc2n1CC(F)(F)F. The van der Waals surface area contributed by atoms with Gasteiger partial charge in [0.1, 0.15) is 25.6 Å². The molecular weight excluding hydrogens is 531 g/mol. The molecule has 210 valence electrons. The molecule has 2 N–H and O–H groups in total. The Balaban J connectivity index is 1.60. The number of likely N-dealkylation sites (tertiary alicyclic amines) is 1. The predicted octanol–water partition coefficient (Wildman–Crippen LogP) is 5.38. The van der Waals surface area contributed by atoms with Gasteiger partial charge >= 0.3 is 6.18 Å². The number of hydrogen-bond donors (Lipinski definition) is 2. The highest BCUT2D eigenvalue weighted by Gasteiger charge is 2.31. The summed E-state index contributed by atoms with van der Waals surface area (Å²) in [4.78, 5) is 1.92. The zero-order valence-corrected chi connectivity index (χ0v) is 23.3. The van der Waals surface area contributed by atoms with Gasteiger partial charge in [0.05, 0.1) is 36.6 Å². The van der Waals surface area contributed by atoms with Crippen LogP contribution >= 0.6 is 7.14 Å². The summed E-state index contributed by atoms with van der Waals surface area (Å²) in [7, 11) is 0.897. The molecule has 4 rings (SSSR count). The van der Waals surface area contributed by atoms with E-state index in [0.29, 0.717) is 46.3 Å². The van der Waals surface area contributed by atoms with Gasteiger partial charge in [0.2, 0.25) is 0 Å². The second-order valence-corrected chi connectivity index (χ2v) is 13.4. The largest absolute Gasteiger partial charge is 0.495 e. The summed E-state index contributed by atoms with van der Waals surface area (Å²) in [5.74, 6) is 6.27. The van der Waals surface area contributed by atoms with Crippen molar-refractivity contribution < 1.29 is 26.9 Å². The Morgan fingerprint density at radius 2 is 1.92 bits per heavy atom. The van der Waals surface area contributed by atoms with Crippen molar-refractivity contribution in [2.75, 3.05) is 57.8 Å². The summed E-state index contributed by atoms with van der Waals surface area (Å²) < 4.78 is 74.1. The molecule has 1 fully saturated rings. The lowest BCUT2D eigenvalue weighted by atomic mass is 10.0. The fourth-order valence-corrected chi connectivity index (χ4v) is 5.58. The zero-order valence-electron chi connectivity index (χ0n) is 22.4. The third-order valence-corrected chi connectivity index (χ3v) is 8.28. The molecule has 3 aromatic rings. The number of nitrogens with one attached hydrogen (secondary N) is 2. The average molecular weight is 565 g/mol. The molecule has 6 nitrogen and oxygen atoms in total. The third kappa shape index (κ3) is 7.09. The fraction of sp³-hybridized carbons (Fsp3) is 0.429. The third-order valence-electron chi connectivity index (χ3n) is 6.76. The maximum Gasteiger partial charge on any atom is 0.406 e. The molecule has 1 saturated heterocycles. The van der Waals surface area contributed by atoms with Gasteiger partial charge in [0.25, 0.3) is 0 Å². The maximum atomic E-state index is 14.7. The lowest BCUT2D eigenvalue weighted by Gasteiger charge is -2.33. The molecule has 2 heterocycles. The normalized spacial score (nSPS) is 18.5. The first-order valence-corrected chi connectivity index (χ1v) is 15.2. The molecule has 0 radical (unpaired) electrons. The first-order valence-electron chi connectivity index (χ1n) is 12.6. The molecule has 39 heavy (non-hydrogen) atoms. The standard InChI is InChI=1S/C28H33F4N4O2P/c1-35-14-12-24(22(29)17-35)34-23-8-5-9-26-21(23)15-19(36(26)18-28(30,31)32)7-6-13-33-25-11-10-20(39(3,4)37)16-27(25)38-2/h5,8-11,15-16,22,24,33-34H,12-14,17-18H2,1-4H3/t22-,24+/m0/s1. The van der Waals surface area contributed by atoms with Crippen LogP contribution in [0, 0.1) is 11.8 Å². The summed E-state index contributed by atoms with van der Waals surface area (Å²) in [5, 5.41) is 7.57. The van der Waals surface area contributed by atoms with Crippen LogP contribution in [0.5, 0.6) is 5.75 Å². The van der Waals surface area contributed by atoms with Gasteiger partial charge in [-0.3, -0.25) is 0 Å². The molecule has 0 saturated carbocycles. The van der Waals surface area contributed by atoms with E-state index < -0.39 is 32.1 Å². The Morgan fingerprint density at radius 1 is 1.15 bits per heavy atom. The van der Waals surface area contributed by atoms with E-state index in [1.807, 2.05) is 11.9 Å². The number of halogens is 4. The van der Waals surface area contributed by atoms with Crippen LogP contribution in [-0.2, 0) is 11.1 Å². The molecule has 1 aromatic heterocycles. The van der Waals surface area contributed by atoms with Crippen molar-refractivity contribution in [2.45, 2.75) is 31.4 Å². The van der Waals surface area contributed by atoms with Crippen molar-refractivity contribution in [3.8, 4) is 17.6 Å². The molecule has 0 spiro atoms. The van der Waals surface area contributed by atoms with Crippen molar-refractivity contribution in [3.05, 3.63) is 48.2 Å². The summed E-state index contributed by atoms with van der Waals surface area (Å²) in [6.07, 6.45) is -4.95. The number of aromatic nitrogens is 1. The molecular formula is C28H33F4N4O2P. The molecule has 0 amide bonds. The first kappa shape index (κ1) is 28.8. The zero-order chi connectivity index (χ0) is 28.4. The molecule has 1 aliphatic heterocycles. The fourth-order valence-electron chi connectivity index (χ4n) is 4.72. The Kier molecular flexibility index (Phi) is 8.53. The van der Waals surface area contributed by atoms with Gasteiger partial charge in [-0.15, -0.1) is 0 Å². The highest BCUT2D eigenvalue weighted by molar-refractivity contribution is 7.70. The Morgan fingerprint density at radius 3 is 2.59 bits per heavy atom. The van der Waals surface area contributed by atoms with Crippen molar-refractivity contribution in [1.29, 1.82) is 0 Å². The van der Waals surface area contributed by atoms with Crippen LogP contribution in [0.3, 0.4) is 0 Å². The van der Waals surface area contributed by atoms with E-state index in [-0.39, 0.29) is 12.2 Å². The van der Waals surface area contributed by atoms with E-state index in [9.17, 15) is 22.1 Å². The monoisotopic (exact) mass is 564 g/mol. The predicted molar refractivity (Wildman–Crippen MR) is 150 cm³/mol. The quantitative estimate of drug-likeness (QED) is 0.229. The number of methoxy groups -OCH3 is 1. The van der Waals surface area contributed by atoms with Crippen LogP contribution in [-0.4, -0.2) is 75.0 Å². The van der Waals surface area contributed by atoms with Crippen molar-refractivity contribution in [3.63, 3.8) is 0 Å². The van der Waals surface area contributed by atoms with E-state index >= 15 is 0 Å². The lowest BCUT2D eigenvalue weighted by Crippen LogP contribution is -2.46. The minimum Gasteiger partial charge on any atom is -0.495 e. The summed E-state index contributed by atoms with van der Waals surface area (Å²) >= 11 is 0. The number of ether oxygens (including phenoxy) is 1. The van der Waals surface area contributed by atoms with Crippen LogP contribution < -0.4 is 20.7 Å². The number of alkyl halides is 4. The summed E-state index contributed by atoms with van der Waals surface area (Å²) in [5.41, 5.74) is 1.79. The highest BCUT2D eigenvalue weighted by Crippen LogP contribution is 2.37. The van der Waals surface area contributed by atoms with Gasteiger partial charge in [-0.05, 0) is 69.1 Å². The maximum absolute atomic E-state index is 14.7. The number of benzene rings is 2. The smallest absolute Gasteiger partial charge is 0.406 e. The molecule has 2 aromatic carbocycles. The molecule has 0 unspecified atom stereocenters. The van der Waals surface area contributed by atoms with Crippen LogP contribution in [0.2, 0.25) is 0 Å². The first-order chi connectivity index (χ1) is 18.4. The number of anilines is 2. The van der Waals surface area contributed by atoms with E-state index in [0.717, 1.165) is 11.1 Å². The molecule has 2 atom stereocenters. The number of hydrogen-bond acceptors (Lipinski definition) is 5. The van der Waals surface area contributed by atoms with Crippen LogP contribution in [0.1, 0.15) is 12.1 Å². The van der Waals surface area contributed by atoms with Crippen LogP contribution in [0.15, 0.2) is 42.5 Å². The van der Waals surface area contributed by atoms with Gasteiger partial charge in [-0.2, -0.15) is 13.2 Å². The molecule has 0 aliphatic carbocycles. The van der Waals surface area contributed by atoms with E-state index in [1.54, 1.807) is 55.8 Å². The minimum absolute atomic E-state index is 0.142. The van der Waals surface area contributed by atoms with Gasteiger partial charge in [-0.1, -0.05) is 12.0 Å². The Labute approximate surface area is 226 Å². The van der Waals surface area contributed by atoms with Crippen LogP contribution in [0.4, 0.5) is 28.9 Å². The number of piperidine rings is 1. The Hall–Kier alpha value is -3.15. The number of nitrogens with zero attached hydrogens (tertiary/aromatic N) is 2.